The van der Waals surface area contributed by atoms with Crippen LogP contribution in [0.15, 0.2) is 65.6 Å². The summed E-state index contributed by atoms with van der Waals surface area (Å²) in [5.41, 5.74) is 1.97. The summed E-state index contributed by atoms with van der Waals surface area (Å²) in [5.74, 6) is -0.228. The second kappa shape index (κ2) is 10.8. The van der Waals surface area contributed by atoms with Crippen LogP contribution in [0.5, 0.6) is 0 Å². The fraction of sp³-hybridized carbons (Fsp3) is 0.333. The quantitative estimate of drug-likeness (QED) is 0.454. The van der Waals surface area contributed by atoms with E-state index in [1.807, 2.05) is 38.1 Å². The smallest absolute Gasteiger partial charge is 0.255 e. The van der Waals surface area contributed by atoms with Gasteiger partial charge in [0, 0.05) is 41.2 Å². The predicted octanol–water partition coefficient (Wildman–Crippen LogP) is 3.28. The molecule has 36 heavy (non-hydrogen) atoms. The topological polar surface area (TPSA) is 108 Å². The fourth-order valence-electron chi connectivity index (χ4n) is 4.53. The summed E-state index contributed by atoms with van der Waals surface area (Å²) >= 11 is 0. The number of likely N-dealkylation sites (tertiary alicyclic amines) is 1. The number of carbonyl (C=O) groups is 2. The normalized spacial score (nSPS) is 15.6. The van der Waals surface area contributed by atoms with Gasteiger partial charge in [0.05, 0.1) is 10.9 Å². The summed E-state index contributed by atoms with van der Waals surface area (Å²) in [6.07, 6.45) is 1.09. The van der Waals surface area contributed by atoms with E-state index in [9.17, 15) is 18.0 Å². The zero-order chi connectivity index (χ0) is 25.9. The average Bonchev–Trinajstić information content (AvgIpc) is 2.88. The SMILES string of the molecule is CNC(C)C(=O)N1CCC(NS(=O)(=O)c2ccc(NC(=O)c3ccccc3C)c3ccccc23)CC1. The first kappa shape index (κ1) is 25.8. The molecule has 2 amide bonds. The van der Waals surface area contributed by atoms with Gasteiger partial charge in [0.2, 0.25) is 15.9 Å². The van der Waals surface area contributed by atoms with Gasteiger partial charge in [0.15, 0.2) is 0 Å². The number of aryl methyl sites for hydroxylation is 1. The number of carbonyl (C=O) groups excluding carboxylic acids is 2. The van der Waals surface area contributed by atoms with Crippen LogP contribution in [0.2, 0.25) is 0 Å². The summed E-state index contributed by atoms with van der Waals surface area (Å²) in [6.45, 7) is 4.69. The van der Waals surface area contributed by atoms with Crippen LogP contribution in [0, 0.1) is 6.92 Å². The van der Waals surface area contributed by atoms with Crippen LogP contribution in [0.4, 0.5) is 5.69 Å². The zero-order valence-corrected chi connectivity index (χ0v) is 21.6. The van der Waals surface area contributed by atoms with Crippen LogP contribution in [0.3, 0.4) is 0 Å². The highest BCUT2D eigenvalue weighted by molar-refractivity contribution is 7.89. The lowest BCUT2D eigenvalue weighted by Crippen LogP contribution is -2.50. The lowest BCUT2D eigenvalue weighted by atomic mass is 10.1. The molecule has 0 aromatic heterocycles. The lowest BCUT2D eigenvalue weighted by molar-refractivity contribution is -0.133. The Morgan fingerprint density at radius 3 is 2.25 bits per heavy atom. The number of hydrogen-bond donors (Lipinski definition) is 3. The Morgan fingerprint density at radius 1 is 0.944 bits per heavy atom. The predicted molar refractivity (Wildman–Crippen MR) is 142 cm³/mol. The van der Waals surface area contributed by atoms with Crippen molar-refractivity contribution in [3.8, 4) is 0 Å². The first-order chi connectivity index (χ1) is 17.2. The van der Waals surface area contributed by atoms with Crippen molar-refractivity contribution < 1.29 is 18.0 Å². The van der Waals surface area contributed by atoms with E-state index in [0.717, 1.165) is 5.56 Å². The van der Waals surface area contributed by atoms with Gasteiger partial charge in [-0.1, -0.05) is 42.5 Å². The Labute approximate surface area is 212 Å². The molecule has 1 fully saturated rings. The van der Waals surface area contributed by atoms with Crippen LogP contribution in [-0.4, -0.2) is 57.4 Å². The van der Waals surface area contributed by atoms with Crippen molar-refractivity contribution in [2.75, 3.05) is 25.5 Å². The number of nitrogens with zero attached hydrogens (tertiary/aromatic N) is 1. The summed E-state index contributed by atoms with van der Waals surface area (Å²) in [6, 6.07) is 17.1. The molecule has 8 nitrogen and oxygen atoms in total. The molecule has 1 aliphatic rings. The minimum absolute atomic E-state index is 0.0214. The lowest BCUT2D eigenvalue weighted by Gasteiger charge is -2.33. The van der Waals surface area contributed by atoms with Crippen LogP contribution in [-0.2, 0) is 14.8 Å². The molecule has 9 heteroatoms. The maximum Gasteiger partial charge on any atom is 0.255 e. The maximum absolute atomic E-state index is 13.4. The number of benzene rings is 3. The summed E-state index contributed by atoms with van der Waals surface area (Å²) < 4.78 is 29.6. The van der Waals surface area contributed by atoms with Crippen molar-refractivity contribution in [2.24, 2.45) is 0 Å². The van der Waals surface area contributed by atoms with Crippen LogP contribution >= 0.6 is 0 Å². The van der Waals surface area contributed by atoms with Crippen molar-refractivity contribution in [3.05, 3.63) is 71.8 Å². The van der Waals surface area contributed by atoms with E-state index in [4.69, 9.17) is 0 Å². The fourth-order valence-corrected chi connectivity index (χ4v) is 6.05. The Kier molecular flexibility index (Phi) is 7.73. The molecule has 1 aliphatic heterocycles. The number of nitrogens with one attached hydrogen (secondary N) is 3. The van der Waals surface area contributed by atoms with Crippen molar-refractivity contribution in [1.29, 1.82) is 0 Å². The van der Waals surface area contributed by atoms with Crippen LogP contribution in [0.1, 0.15) is 35.7 Å². The molecular formula is C27H32N4O4S. The third-order valence-corrected chi connectivity index (χ3v) is 8.32. The molecule has 0 saturated carbocycles. The number of hydrogen-bond acceptors (Lipinski definition) is 5. The number of anilines is 1. The van der Waals surface area contributed by atoms with Gasteiger partial charge < -0.3 is 15.5 Å². The Balaban J connectivity index is 1.53. The van der Waals surface area contributed by atoms with Gasteiger partial charge in [0.25, 0.3) is 5.91 Å². The van der Waals surface area contributed by atoms with Crippen molar-refractivity contribution in [3.63, 3.8) is 0 Å². The molecule has 1 heterocycles. The number of likely N-dealkylation sites (N-methyl/N-ethyl adjacent to an activating group) is 1. The standard InChI is InChI=1S/C27H32N4O4S/c1-18-8-4-5-9-21(18)26(32)29-24-12-13-25(23-11-7-6-10-22(23)24)36(34,35)30-20-14-16-31(17-15-20)27(33)19(2)28-3/h4-13,19-20,28,30H,14-17H2,1-3H3,(H,29,32). The molecule has 1 unspecified atom stereocenters. The van der Waals surface area contributed by atoms with Crippen molar-refractivity contribution in [2.45, 2.75) is 43.7 Å². The molecule has 190 valence electrons. The largest absolute Gasteiger partial charge is 0.341 e. The highest BCUT2D eigenvalue weighted by Gasteiger charge is 2.29. The Bertz CT molecular complexity index is 1380. The van der Waals surface area contributed by atoms with E-state index in [2.05, 4.69) is 15.4 Å². The second-order valence-corrected chi connectivity index (χ2v) is 10.8. The van der Waals surface area contributed by atoms with Crippen molar-refractivity contribution in [1.82, 2.24) is 14.9 Å². The molecule has 0 spiro atoms. The molecule has 1 saturated heterocycles. The third kappa shape index (κ3) is 5.43. The minimum atomic E-state index is -3.83. The van der Waals surface area contributed by atoms with E-state index in [-0.39, 0.29) is 28.8 Å². The highest BCUT2D eigenvalue weighted by Crippen LogP contribution is 2.30. The number of rotatable bonds is 7. The Morgan fingerprint density at radius 2 is 1.58 bits per heavy atom. The maximum atomic E-state index is 13.4. The number of sulfonamides is 1. The number of piperidine rings is 1. The summed E-state index contributed by atoms with van der Waals surface area (Å²) in [4.78, 5) is 27.2. The molecule has 0 radical (unpaired) electrons. The van der Waals surface area contributed by atoms with E-state index in [0.29, 0.717) is 48.0 Å². The minimum Gasteiger partial charge on any atom is -0.341 e. The second-order valence-electron chi connectivity index (χ2n) is 9.16. The summed E-state index contributed by atoms with van der Waals surface area (Å²) in [7, 11) is -2.08. The Hall–Kier alpha value is -3.27. The van der Waals surface area contributed by atoms with Crippen LogP contribution in [0.25, 0.3) is 10.8 Å². The van der Waals surface area contributed by atoms with Gasteiger partial charge in [-0.2, -0.15) is 0 Å². The number of amides is 2. The monoisotopic (exact) mass is 508 g/mol. The average molecular weight is 509 g/mol. The van der Waals surface area contributed by atoms with E-state index >= 15 is 0 Å². The van der Waals surface area contributed by atoms with E-state index in [1.54, 1.807) is 42.3 Å². The molecule has 0 aliphatic carbocycles. The van der Waals surface area contributed by atoms with E-state index in [1.165, 1.54) is 6.07 Å². The molecule has 1 atom stereocenters. The molecule has 3 aromatic rings. The molecule has 0 bridgehead atoms. The van der Waals surface area contributed by atoms with E-state index < -0.39 is 10.0 Å². The van der Waals surface area contributed by atoms with Gasteiger partial charge >= 0.3 is 0 Å². The molecular weight excluding hydrogens is 476 g/mol. The van der Waals surface area contributed by atoms with Gasteiger partial charge in [-0.05, 0) is 57.5 Å². The first-order valence-corrected chi connectivity index (χ1v) is 13.6. The molecule has 4 rings (SSSR count). The van der Waals surface area contributed by atoms with Gasteiger partial charge in [-0.25, -0.2) is 13.1 Å². The van der Waals surface area contributed by atoms with Gasteiger partial charge in [-0.15, -0.1) is 0 Å². The van der Waals surface area contributed by atoms with Gasteiger partial charge in [-0.3, -0.25) is 9.59 Å². The first-order valence-electron chi connectivity index (χ1n) is 12.1. The zero-order valence-electron chi connectivity index (χ0n) is 20.7. The third-order valence-electron chi connectivity index (χ3n) is 6.74. The van der Waals surface area contributed by atoms with Crippen molar-refractivity contribution >= 4 is 38.3 Å². The summed E-state index contributed by atoms with van der Waals surface area (Å²) in [5, 5.41) is 7.06. The highest BCUT2D eigenvalue weighted by atomic mass is 32.2. The molecule has 3 N–H and O–H groups in total. The number of fused-ring (bicyclic) bond motifs is 1. The molecule has 3 aromatic carbocycles. The van der Waals surface area contributed by atoms with Crippen LogP contribution < -0.4 is 15.4 Å². The van der Waals surface area contributed by atoms with Gasteiger partial charge in [0.1, 0.15) is 0 Å².